The number of hydrogen-bond donors (Lipinski definition) is 1. The van der Waals surface area contributed by atoms with E-state index in [1.807, 2.05) is 6.92 Å². The number of nitro benzene ring substituents is 1. The monoisotopic (exact) mass is 597 g/mol. The van der Waals surface area contributed by atoms with E-state index >= 15 is 0 Å². The third-order valence-electron chi connectivity index (χ3n) is 5.35. The van der Waals surface area contributed by atoms with Gasteiger partial charge >= 0.3 is 0 Å². The Labute approximate surface area is 230 Å². The molecule has 4 aromatic rings. The number of nitro groups is 1. The number of carbonyl (C=O) groups is 1. The first-order valence-corrected chi connectivity index (χ1v) is 12.6. The molecule has 0 fully saturated rings. The molecule has 3 aromatic carbocycles. The van der Waals surface area contributed by atoms with E-state index in [4.69, 9.17) is 16.3 Å². The molecule has 0 atom stereocenters. The first-order valence-electron chi connectivity index (χ1n) is 11.5. The van der Waals surface area contributed by atoms with Gasteiger partial charge in [0.1, 0.15) is 11.6 Å². The fourth-order valence-electron chi connectivity index (χ4n) is 3.57. The Balaban J connectivity index is 1.65. The van der Waals surface area contributed by atoms with E-state index in [1.54, 1.807) is 42.5 Å². The lowest BCUT2D eigenvalue weighted by Gasteiger charge is -2.11. The molecule has 0 aliphatic rings. The van der Waals surface area contributed by atoms with Crippen molar-refractivity contribution in [3.8, 4) is 5.75 Å². The first-order chi connectivity index (χ1) is 18.2. The molecule has 0 aliphatic heterocycles. The third-order valence-corrected chi connectivity index (χ3v) is 6.10. The molecule has 0 saturated heterocycles. The molecular formula is C26H21BrClN5O5. The summed E-state index contributed by atoms with van der Waals surface area (Å²) < 4.78 is 7.54. The van der Waals surface area contributed by atoms with Gasteiger partial charge < -0.3 is 10.1 Å². The summed E-state index contributed by atoms with van der Waals surface area (Å²) in [4.78, 5) is 41.0. The molecular weight excluding hydrogens is 578 g/mol. The van der Waals surface area contributed by atoms with Gasteiger partial charge in [-0.15, -0.1) is 0 Å². The van der Waals surface area contributed by atoms with Gasteiger partial charge in [-0.3, -0.25) is 19.7 Å². The molecule has 1 aromatic heterocycles. The maximum absolute atomic E-state index is 13.3. The van der Waals surface area contributed by atoms with Crippen molar-refractivity contribution in [2.24, 2.45) is 5.10 Å². The Bertz CT molecular complexity index is 1600. The van der Waals surface area contributed by atoms with Crippen molar-refractivity contribution in [2.45, 2.75) is 19.8 Å². The van der Waals surface area contributed by atoms with E-state index < -0.39 is 10.8 Å². The van der Waals surface area contributed by atoms with Gasteiger partial charge in [-0.1, -0.05) is 34.5 Å². The molecule has 10 nitrogen and oxygen atoms in total. The number of carbonyl (C=O) groups excluding carboxylic acids is 1. The highest BCUT2D eigenvalue weighted by atomic mass is 79.9. The molecule has 0 saturated carbocycles. The van der Waals surface area contributed by atoms with Crippen LogP contribution in [0.1, 0.15) is 24.7 Å². The summed E-state index contributed by atoms with van der Waals surface area (Å²) in [5.74, 6) is 0.172. The van der Waals surface area contributed by atoms with Crippen LogP contribution in [0, 0.1) is 10.1 Å². The zero-order valence-corrected chi connectivity index (χ0v) is 22.4. The summed E-state index contributed by atoms with van der Waals surface area (Å²) in [5.41, 5.74) is 0.699. The highest BCUT2D eigenvalue weighted by Gasteiger charge is 2.14. The normalized spacial score (nSPS) is 11.1. The van der Waals surface area contributed by atoms with Crippen LogP contribution in [0.2, 0.25) is 5.02 Å². The standard InChI is InChI=1S/C26H21BrClN5O5/c1-2-3-24-31-22-10-4-17(27)13-21(22)26(35)32(24)29-14-16-12-20(33(36)37)9-11-23(16)38-15-25(34)30-19-7-5-18(28)6-8-19/h4-14H,2-3,15H2,1H3,(H,30,34). The van der Waals surface area contributed by atoms with E-state index in [9.17, 15) is 19.7 Å². The lowest BCUT2D eigenvalue weighted by molar-refractivity contribution is -0.384. The second-order valence-electron chi connectivity index (χ2n) is 8.12. The van der Waals surface area contributed by atoms with Gasteiger partial charge in [0, 0.05) is 39.3 Å². The van der Waals surface area contributed by atoms with Crippen molar-refractivity contribution < 1.29 is 14.5 Å². The van der Waals surface area contributed by atoms with Gasteiger partial charge in [-0.05, 0) is 55.0 Å². The number of anilines is 1. The maximum Gasteiger partial charge on any atom is 0.282 e. The lowest BCUT2D eigenvalue weighted by atomic mass is 10.2. The minimum atomic E-state index is -0.557. The lowest BCUT2D eigenvalue weighted by Crippen LogP contribution is -2.22. The Kier molecular flexibility index (Phi) is 8.49. The summed E-state index contributed by atoms with van der Waals surface area (Å²) >= 11 is 9.23. The molecule has 4 rings (SSSR count). The van der Waals surface area contributed by atoms with Crippen LogP contribution in [-0.2, 0) is 11.2 Å². The second kappa shape index (κ2) is 12.0. The largest absolute Gasteiger partial charge is 0.483 e. The predicted molar refractivity (Wildman–Crippen MR) is 149 cm³/mol. The number of non-ortho nitro benzene ring substituents is 1. The number of nitrogens with zero attached hydrogens (tertiary/aromatic N) is 4. The highest BCUT2D eigenvalue weighted by molar-refractivity contribution is 9.10. The van der Waals surface area contributed by atoms with Crippen molar-refractivity contribution in [3.05, 3.63) is 102 Å². The van der Waals surface area contributed by atoms with Crippen LogP contribution in [0.5, 0.6) is 5.75 Å². The van der Waals surface area contributed by atoms with Gasteiger partial charge in [0.25, 0.3) is 17.2 Å². The molecule has 194 valence electrons. The number of benzene rings is 3. The van der Waals surface area contributed by atoms with Crippen molar-refractivity contribution in [3.63, 3.8) is 0 Å². The Morgan fingerprint density at radius 2 is 1.97 bits per heavy atom. The Morgan fingerprint density at radius 1 is 1.21 bits per heavy atom. The average molecular weight is 599 g/mol. The van der Waals surface area contributed by atoms with Gasteiger partial charge in [0.2, 0.25) is 0 Å². The maximum atomic E-state index is 13.3. The Hall–Kier alpha value is -4.09. The molecule has 0 radical (unpaired) electrons. The molecule has 0 bridgehead atoms. The number of ether oxygens (including phenoxy) is 1. The van der Waals surface area contributed by atoms with Crippen molar-refractivity contribution in [1.82, 2.24) is 9.66 Å². The van der Waals surface area contributed by atoms with Crippen molar-refractivity contribution >= 4 is 61.9 Å². The van der Waals surface area contributed by atoms with E-state index in [1.165, 1.54) is 29.1 Å². The van der Waals surface area contributed by atoms with E-state index in [0.717, 1.165) is 6.42 Å². The summed E-state index contributed by atoms with van der Waals surface area (Å²) in [6.07, 6.45) is 2.49. The third kappa shape index (κ3) is 6.42. The fourth-order valence-corrected chi connectivity index (χ4v) is 4.06. The Morgan fingerprint density at radius 3 is 2.68 bits per heavy atom. The average Bonchev–Trinajstić information content (AvgIpc) is 2.89. The molecule has 38 heavy (non-hydrogen) atoms. The molecule has 1 heterocycles. The zero-order valence-electron chi connectivity index (χ0n) is 20.1. The predicted octanol–water partition coefficient (Wildman–Crippen LogP) is 5.57. The molecule has 1 amide bonds. The van der Waals surface area contributed by atoms with Crippen LogP contribution >= 0.6 is 27.5 Å². The molecule has 0 spiro atoms. The van der Waals surface area contributed by atoms with Crippen LogP contribution < -0.4 is 15.6 Å². The number of amides is 1. The van der Waals surface area contributed by atoms with E-state index in [-0.39, 0.29) is 29.2 Å². The fraction of sp³-hybridized carbons (Fsp3) is 0.154. The van der Waals surface area contributed by atoms with Crippen LogP contribution in [0.4, 0.5) is 11.4 Å². The zero-order chi connectivity index (χ0) is 27.2. The van der Waals surface area contributed by atoms with Crippen LogP contribution in [0.3, 0.4) is 0 Å². The van der Waals surface area contributed by atoms with Gasteiger partial charge in [0.15, 0.2) is 6.61 Å². The van der Waals surface area contributed by atoms with Crippen LogP contribution in [-0.4, -0.2) is 33.3 Å². The number of rotatable bonds is 9. The van der Waals surface area contributed by atoms with Crippen molar-refractivity contribution in [1.29, 1.82) is 0 Å². The summed E-state index contributed by atoms with van der Waals surface area (Å²) in [6.45, 7) is 1.58. The van der Waals surface area contributed by atoms with Gasteiger partial charge in [-0.25, -0.2) is 4.98 Å². The summed E-state index contributed by atoms with van der Waals surface area (Å²) in [5, 5.41) is 19.3. The molecule has 1 N–H and O–H groups in total. The van der Waals surface area contributed by atoms with Gasteiger partial charge in [-0.2, -0.15) is 9.78 Å². The van der Waals surface area contributed by atoms with Gasteiger partial charge in [0.05, 0.1) is 22.0 Å². The minimum absolute atomic E-state index is 0.173. The minimum Gasteiger partial charge on any atom is -0.483 e. The van der Waals surface area contributed by atoms with Crippen LogP contribution in [0.25, 0.3) is 10.9 Å². The second-order valence-corrected chi connectivity index (χ2v) is 9.48. The number of fused-ring (bicyclic) bond motifs is 1. The van der Waals surface area contributed by atoms with Crippen molar-refractivity contribution in [2.75, 3.05) is 11.9 Å². The topological polar surface area (TPSA) is 129 Å². The van der Waals surface area contributed by atoms with E-state index in [0.29, 0.717) is 38.3 Å². The quantitative estimate of drug-likeness (QED) is 0.152. The smallest absolute Gasteiger partial charge is 0.282 e. The SMILES string of the molecule is CCCc1nc2ccc(Br)cc2c(=O)n1N=Cc1cc([N+](=O)[O-])ccc1OCC(=O)Nc1ccc(Cl)cc1. The van der Waals surface area contributed by atoms with Crippen LogP contribution in [0.15, 0.2) is 75.0 Å². The highest BCUT2D eigenvalue weighted by Crippen LogP contribution is 2.23. The number of nitrogens with one attached hydrogen (secondary N) is 1. The summed E-state index contributed by atoms with van der Waals surface area (Å²) in [7, 11) is 0. The summed E-state index contributed by atoms with van der Waals surface area (Å²) in [6, 6.07) is 15.7. The van der Waals surface area contributed by atoms with E-state index in [2.05, 4.69) is 31.3 Å². The molecule has 12 heteroatoms. The number of aromatic nitrogens is 2. The number of hydrogen-bond acceptors (Lipinski definition) is 7. The number of aryl methyl sites for hydroxylation is 1. The molecule has 0 aliphatic carbocycles. The number of halogens is 2. The molecule has 0 unspecified atom stereocenters. The first kappa shape index (κ1) is 27.0.